The van der Waals surface area contributed by atoms with Gasteiger partial charge in [0.2, 0.25) is 0 Å². The van der Waals surface area contributed by atoms with E-state index in [1.54, 1.807) is 0 Å². The molecular weight excluding hydrogens is 275 g/mol. The minimum Gasteiger partial charge on any atom is -0.329 e. The molecule has 0 radical (unpaired) electrons. The summed E-state index contributed by atoms with van der Waals surface area (Å²) in [5.41, 5.74) is 6.79. The Balaban J connectivity index is 2.81. The van der Waals surface area contributed by atoms with Crippen molar-refractivity contribution in [3.05, 3.63) is 33.3 Å². The molecule has 0 bridgehead atoms. The van der Waals surface area contributed by atoms with Crippen LogP contribution in [0.2, 0.25) is 5.02 Å². The van der Waals surface area contributed by atoms with E-state index in [0.717, 1.165) is 28.0 Å². The quantitative estimate of drug-likeness (QED) is 0.875. The highest BCUT2D eigenvalue weighted by molar-refractivity contribution is 9.10. The third kappa shape index (κ3) is 3.76. The standard InChI is InChI=1S/C11H16BrClN2/c1-2-5-15-11(7-14)9-4-3-8(12)6-10(9)13/h3-4,6,11,15H,2,5,7,14H2,1H3. The number of hydrogen-bond acceptors (Lipinski definition) is 2. The number of nitrogens with one attached hydrogen (secondary N) is 1. The smallest absolute Gasteiger partial charge is 0.0465 e. The van der Waals surface area contributed by atoms with Gasteiger partial charge in [-0.1, -0.05) is 40.5 Å². The van der Waals surface area contributed by atoms with E-state index in [1.165, 1.54) is 0 Å². The zero-order valence-corrected chi connectivity index (χ0v) is 11.1. The maximum absolute atomic E-state index is 6.16. The van der Waals surface area contributed by atoms with Crippen LogP contribution in [0.3, 0.4) is 0 Å². The summed E-state index contributed by atoms with van der Waals surface area (Å²) in [7, 11) is 0. The van der Waals surface area contributed by atoms with E-state index in [0.29, 0.717) is 6.54 Å². The van der Waals surface area contributed by atoms with Gasteiger partial charge in [0.05, 0.1) is 0 Å². The number of hydrogen-bond donors (Lipinski definition) is 2. The van der Waals surface area contributed by atoms with Gasteiger partial charge >= 0.3 is 0 Å². The van der Waals surface area contributed by atoms with Crippen LogP contribution in [0.15, 0.2) is 22.7 Å². The Morgan fingerprint density at radius 3 is 2.80 bits per heavy atom. The highest BCUT2D eigenvalue weighted by Crippen LogP contribution is 2.25. The van der Waals surface area contributed by atoms with Crippen LogP contribution < -0.4 is 11.1 Å². The molecule has 0 spiro atoms. The average Bonchev–Trinajstić information content (AvgIpc) is 2.21. The second-order valence-corrected chi connectivity index (χ2v) is 4.73. The highest BCUT2D eigenvalue weighted by atomic mass is 79.9. The Labute approximate surface area is 104 Å². The normalized spacial score (nSPS) is 12.8. The van der Waals surface area contributed by atoms with Crippen molar-refractivity contribution in [3.63, 3.8) is 0 Å². The molecule has 1 atom stereocenters. The summed E-state index contributed by atoms with van der Waals surface area (Å²) in [5.74, 6) is 0. The molecule has 0 saturated heterocycles. The van der Waals surface area contributed by atoms with E-state index in [9.17, 15) is 0 Å². The summed E-state index contributed by atoms with van der Waals surface area (Å²) >= 11 is 9.54. The van der Waals surface area contributed by atoms with Crippen LogP contribution in [-0.4, -0.2) is 13.1 Å². The van der Waals surface area contributed by atoms with Gasteiger partial charge in [0, 0.05) is 22.1 Å². The van der Waals surface area contributed by atoms with Crippen molar-refractivity contribution in [2.75, 3.05) is 13.1 Å². The predicted octanol–water partition coefficient (Wildman–Crippen LogP) is 3.10. The molecule has 84 valence electrons. The molecule has 1 rings (SSSR count). The van der Waals surface area contributed by atoms with Crippen molar-refractivity contribution in [2.45, 2.75) is 19.4 Å². The zero-order chi connectivity index (χ0) is 11.3. The summed E-state index contributed by atoms with van der Waals surface area (Å²) in [5, 5.41) is 4.12. The Kier molecular flexibility index (Phi) is 5.61. The molecule has 2 nitrogen and oxygen atoms in total. The van der Waals surface area contributed by atoms with E-state index < -0.39 is 0 Å². The first-order valence-electron chi connectivity index (χ1n) is 5.07. The van der Waals surface area contributed by atoms with Crippen LogP contribution in [-0.2, 0) is 0 Å². The Morgan fingerprint density at radius 2 is 2.27 bits per heavy atom. The van der Waals surface area contributed by atoms with Crippen LogP contribution in [0, 0.1) is 0 Å². The first-order chi connectivity index (χ1) is 7.19. The SMILES string of the molecule is CCCNC(CN)c1ccc(Br)cc1Cl. The lowest BCUT2D eigenvalue weighted by molar-refractivity contribution is 0.540. The maximum atomic E-state index is 6.16. The fourth-order valence-corrected chi connectivity index (χ4v) is 2.23. The molecule has 0 aromatic heterocycles. The second kappa shape index (κ2) is 6.48. The molecule has 1 unspecified atom stereocenters. The second-order valence-electron chi connectivity index (χ2n) is 3.41. The summed E-state index contributed by atoms with van der Waals surface area (Å²) in [4.78, 5) is 0. The van der Waals surface area contributed by atoms with Gasteiger partial charge in [-0.2, -0.15) is 0 Å². The predicted molar refractivity (Wildman–Crippen MR) is 69.2 cm³/mol. The molecule has 0 aliphatic rings. The minimum atomic E-state index is 0.144. The van der Waals surface area contributed by atoms with E-state index in [1.807, 2.05) is 18.2 Å². The van der Waals surface area contributed by atoms with Crippen LogP contribution >= 0.6 is 27.5 Å². The van der Waals surface area contributed by atoms with Gasteiger partial charge in [-0.05, 0) is 30.7 Å². The Hall–Kier alpha value is -0.0900. The summed E-state index contributed by atoms with van der Waals surface area (Å²) < 4.78 is 0.988. The maximum Gasteiger partial charge on any atom is 0.0465 e. The van der Waals surface area contributed by atoms with Crippen molar-refractivity contribution in [1.29, 1.82) is 0 Å². The van der Waals surface area contributed by atoms with Gasteiger partial charge < -0.3 is 11.1 Å². The van der Waals surface area contributed by atoms with Crippen LogP contribution in [0.4, 0.5) is 0 Å². The van der Waals surface area contributed by atoms with Gasteiger partial charge in [-0.15, -0.1) is 0 Å². The fourth-order valence-electron chi connectivity index (χ4n) is 1.42. The lowest BCUT2D eigenvalue weighted by Gasteiger charge is -2.18. The van der Waals surface area contributed by atoms with Crippen molar-refractivity contribution in [1.82, 2.24) is 5.32 Å². The molecule has 0 aliphatic carbocycles. The van der Waals surface area contributed by atoms with E-state index in [-0.39, 0.29) is 6.04 Å². The molecule has 1 aromatic rings. The number of rotatable bonds is 5. The number of benzene rings is 1. The zero-order valence-electron chi connectivity index (χ0n) is 8.76. The van der Waals surface area contributed by atoms with E-state index in [2.05, 4.69) is 28.2 Å². The third-order valence-electron chi connectivity index (χ3n) is 2.21. The largest absolute Gasteiger partial charge is 0.329 e. The molecule has 0 aliphatic heterocycles. The lowest BCUT2D eigenvalue weighted by atomic mass is 10.1. The van der Waals surface area contributed by atoms with E-state index in [4.69, 9.17) is 17.3 Å². The molecular formula is C11H16BrClN2. The molecule has 0 amide bonds. The molecule has 0 heterocycles. The summed E-state index contributed by atoms with van der Waals surface area (Å²) in [6, 6.07) is 6.03. The molecule has 0 fully saturated rings. The lowest BCUT2D eigenvalue weighted by Crippen LogP contribution is -2.29. The number of nitrogens with two attached hydrogens (primary N) is 1. The monoisotopic (exact) mass is 290 g/mol. The van der Waals surface area contributed by atoms with Gasteiger partial charge in [0.25, 0.3) is 0 Å². The number of halogens is 2. The average molecular weight is 292 g/mol. The van der Waals surface area contributed by atoms with Crippen molar-refractivity contribution < 1.29 is 0 Å². The topological polar surface area (TPSA) is 38.0 Å². The third-order valence-corrected chi connectivity index (χ3v) is 3.03. The Morgan fingerprint density at radius 1 is 1.53 bits per heavy atom. The Bertz CT molecular complexity index is 317. The van der Waals surface area contributed by atoms with Gasteiger partial charge in [-0.3, -0.25) is 0 Å². The minimum absolute atomic E-state index is 0.144. The van der Waals surface area contributed by atoms with Gasteiger partial charge in [0.1, 0.15) is 0 Å². The van der Waals surface area contributed by atoms with Gasteiger partial charge in [-0.25, -0.2) is 0 Å². The van der Waals surface area contributed by atoms with Crippen molar-refractivity contribution in [2.24, 2.45) is 5.73 Å². The summed E-state index contributed by atoms with van der Waals surface area (Å²) in [6.07, 6.45) is 1.09. The molecule has 1 aromatic carbocycles. The first-order valence-corrected chi connectivity index (χ1v) is 6.24. The van der Waals surface area contributed by atoms with Crippen LogP contribution in [0.5, 0.6) is 0 Å². The molecule has 3 N–H and O–H groups in total. The summed E-state index contributed by atoms with van der Waals surface area (Å²) in [6.45, 7) is 3.64. The van der Waals surface area contributed by atoms with Gasteiger partial charge in [0.15, 0.2) is 0 Å². The fraction of sp³-hybridized carbons (Fsp3) is 0.455. The first kappa shape index (κ1) is 13.0. The molecule has 0 saturated carbocycles. The van der Waals surface area contributed by atoms with E-state index >= 15 is 0 Å². The molecule has 15 heavy (non-hydrogen) atoms. The van der Waals surface area contributed by atoms with Crippen LogP contribution in [0.1, 0.15) is 24.9 Å². The van der Waals surface area contributed by atoms with Crippen molar-refractivity contribution in [3.8, 4) is 0 Å². The molecule has 4 heteroatoms. The van der Waals surface area contributed by atoms with Crippen molar-refractivity contribution >= 4 is 27.5 Å². The highest BCUT2D eigenvalue weighted by Gasteiger charge is 2.11. The van der Waals surface area contributed by atoms with Crippen LogP contribution in [0.25, 0.3) is 0 Å².